The maximum atomic E-state index is 13.4. The number of rotatable bonds is 1. The van der Waals surface area contributed by atoms with Crippen molar-refractivity contribution in [1.29, 1.82) is 0 Å². The number of carbonyl (C=O) groups is 1. The van der Waals surface area contributed by atoms with Gasteiger partial charge in [0.05, 0.1) is 0 Å². The second kappa shape index (κ2) is 5.21. The van der Waals surface area contributed by atoms with Crippen LogP contribution < -0.4 is 14.8 Å². The summed E-state index contributed by atoms with van der Waals surface area (Å²) in [7, 11) is 0. The molecule has 0 radical (unpaired) electrons. The smallest absolute Gasteiger partial charge is 0.251 e. The molecule has 3 aromatic rings. The Morgan fingerprint density at radius 3 is 2.56 bits per heavy atom. The number of halogens is 1. The molecule has 0 spiro atoms. The van der Waals surface area contributed by atoms with Crippen molar-refractivity contribution in [3.05, 3.63) is 59.4 Å². The van der Waals surface area contributed by atoms with Crippen LogP contribution >= 0.6 is 0 Å². The van der Waals surface area contributed by atoms with Crippen molar-refractivity contribution >= 4 is 16.7 Å². The summed E-state index contributed by atoms with van der Waals surface area (Å²) < 4.78 is 24.4. The Morgan fingerprint density at radius 2 is 1.76 bits per heavy atom. The summed E-state index contributed by atoms with van der Waals surface area (Å²) in [5, 5.41) is 4.77. The average Bonchev–Trinajstić information content (AvgIpc) is 3.07. The molecule has 0 fully saturated rings. The molecule has 0 bridgehead atoms. The van der Waals surface area contributed by atoms with Crippen LogP contribution in [-0.4, -0.2) is 19.2 Å². The van der Waals surface area contributed by atoms with Crippen molar-refractivity contribution < 1.29 is 18.7 Å². The quantitative estimate of drug-likeness (QED) is 0.738. The first-order chi connectivity index (χ1) is 12.2. The molecule has 0 aliphatic carbocycles. The second-order valence-corrected chi connectivity index (χ2v) is 6.22. The van der Waals surface area contributed by atoms with Crippen molar-refractivity contribution in [1.82, 2.24) is 5.32 Å². The molecule has 2 heterocycles. The van der Waals surface area contributed by atoms with Crippen LogP contribution in [0.5, 0.6) is 11.5 Å². The minimum atomic E-state index is -0.284. The van der Waals surface area contributed by atoms with E-state index < -0.39 is 0 Å². The molecular formula is C20H14FNO3. The number of hydrogen-bond acceptors (Lipinski definition) is 3. The van der Waals surface area contributed by atoms with Crippen LogP contribution in [0, 0.1) is 5.82 Å². The first kappa shape index (κ1) is 14.3. The number of fused-ring (bicyclic) bond motifs is 3. The van der Waals surface area contributed by atoms with Gasteiger partial charge < -0.3 is 14.8 Å². The molecule has 2 aliphatic rings. The summed E-state index contributed by atoms with van der Waals surface area (Å²) in [5.41, 5.74) is 3.50. The molecule has 4 nitrogen and oxygen atoms in total. The van der Waals surface area contributed by atoms with Crippen LogP contribution in [0.4, 0.5) is 4.39 Å². The van der Waals surface area contributed by atoms with Gasteiger partial charge in [-0.3, -0.25) is 4.79 Å². The topological polar surface area (TPSA) is 47.6 Å². The third-order valence-electron chi connectivity index (χ3n) is 4.78. The van der Waals surface area contributed by atoms with Crippen LogP contribution in [0.1, 0.15) is 15.9 Å². The summed E-state index contributed by atoms with van der Waals surface area (Å²) in [6, 6.07) is 12.1. The molecule has 5 heteroatoms. The zero-order valence-electron chi connectivity index (χ0n) is 13.3. The molecular weight excluding hydrogens is 321 g/mol. The van der Waals surface area contributed by atoms with Crippen molar-refractivity contribution in [3.8, 4) is 22.6 Å². The SMILES string of the molecule is O=C1NCCc2c1cc1cc3c(cc1c2-c1ccc(F)cc1)OCO3. The molecule has 0 saturated carbocycles. The highest BCUT2D eigenvalue weighted by atomic mass is 19.1. The first-order valence-corrected chi connectivity index (χ1v) is 8.14. The lowest BCUT2D eigenvalue weighted by atomic mass is 9.86. The van der Waals surface area contributed by atoms with Gasteiger partial charge in [0.15, 0.2) is 11.5 Å². The fourth-order valence-corrected chi connectivity index (χ4v) is 3.64. The molecule has 0 unspecified atom stereocenters. The largest absolute Gasteiger partial charge is 0.454 e. The van der Waals surface area contributed by atoms with E-state index in [0.717, 1.165) is 33.9 Å². The molecule has 124 valence electrons. The van der Waals surface area contributed by atoms with Gasteiger partial charge in [-0.1, -0.05) is 12.1 Å². The Morgan fingerprint density at radius 1 is 1.00 bits per heavy atom. The van der Waals surface area contributed by atoms with Gasteiger partial charge in [0.2, 0.25) is 6.79 Å². The van der Waals surface area contributed by atoms with E-state index in [-0.39, 0.29) is 18.5 Å². The van der Waals surface area contributed by atoms with E-state index in [1.54, 1.807) is 12.1 Å². The maximum absolute atomic E-state index is 13.4. The summed E-state index contributed by atoms with van der Waals surface area (Å²) in [4.78, 5) is 12.4. The molecule has 1 N–H and O–H groups in total. The highest BCUT2D eigenvalue weighted by Gasteiger charge is 2.25. The zero-order chi connectivity index (χ0) is 17.0. The fourth-order valence-electron chi connectivity index (χ4n) is 3.64. The standard InChI is InChI=1S/C20H14FNO3/c21-13-3-1-11(2-4-13)19-14-5-6-22-20(23)16(14)7-12-8-17-18(9-15(12)19)25-10-24-17/h1-4,7-9H,5-6,10H2,(H,22,23). The monoisotopic (exact) mass is 335 g/mol. The second-order valence-electron chi connectivity index (χ2n) is 6.22. The molecule has 2 aliphatic heterocycles. The lowest BCUT2D eigenvalue weighted by Gasteiger charge is -2.22. The third-order valence-corrected chi connectivity index (χ3v) is 4.78. The average molecular weight is 335 g/mol. The molecule has 5 rings (SSSR count). The first-order valence-electron chi connectivity index (χ1n) is 8.14. The number of amides is 1. The molecule has 0 aromatic heterocycles. The number of hydrogen-bond donors (Lipinski definition) is 1. The predicted molar refractivity (Wildman–Crippen MR) is 91.5 cm³/mol. The number of ether oxygens (including phenoxy) is 2. The van der Waals surface area contributed by atoms with Gasteiger partial charge >= 0.3 is 0 Å². The van der Waals surface area contributed by atoms with E-state index in [1.807, 2.05) is 18.2 Å². The van der Waals surface area contributed by atoms with Crippen LogP contribution in [0.25, 0.3) is 21.9 Å². The summed E-state index contributed by atoms with van der Waals surface area (Å²) in [5.74, 6) is 1.00. The summed E-state index contributed by atoms with van der Waals surface area (Å²) in [6.45, 7) is 0.786. The van der Waals surface area contributed by atoms with Crippen LogP contribution in [-0.2, 0) is 6.42 Å². The maximum Gasteiger partial charge on any atom is 0.251 e. The van der Waals surface area contributed by atoms with E-state index in [4.69, 9.17) is 9.47 Å². The van der Waals surface area contributed by atoms with E-state index >= 15 is 0 Å². The van der Waals surface area contributed by atoms with Crippen molar-refractivity contribution in [2.24, 2.45) is 0 Å². The van der Waals surface area contributed by atoms with Gasteiger partial charge in [-0.2, -0.15) is 0 Å². The molecule has 3 aromatic carbocycles. The van der Waals surface area contributed by atoms with Gasteiger partial charge in [0.25, 0.3) is 5.91 Å². The minimum absolute atomic E-state index is 0.0795. The van der Waals surface area contributed by atoms with E-state index in [2.05, 4.69) is 5.32 Å². The Kier molecular flexibility index (Phi) is 2.98. The minimum Gasteiger partial charge on any atom is -0.454 e. The Hall–Kier alpha value is -3.08. The van der Waals surface area contributed by atoms with Gasteiger partial charge in [-0.25, -0.2) is 4.39 Å². The molecule has 0 saturated heterocycles. The van der Waals surface area contributed by atoms with E-state index in [1.165, 1.54) is 12.1 Å². The lowest BCUT2D eigenvalue weighted by Crippen LogP contribution is -2.32. The van der Waals surface area contributed by atoms with E-state index in [0.29, 0.717) is 23.6 Å². The van der Waals surface area contributed by atoms with Crippen molar-refractivity contribution in [3.63, 3.8) is 0 Å². The molecule has 0 atom stereocenters. The molecule has 1 amide bonds. The number of carbonyl (C=O) groups excluding carboxylic acids is 1. The van der Waals surface area contributed by atoms with Crippen LogP contribution in [0.15, 0.2) is 42.5 Å². The van der Waals surface area contributed by atoms with Gasteiger partial charge in [-0.15, -0.1) is 0 Å². The summed E-state index contributed by atoms with van der Waals surface area (Å²) >= 11 is 0. The van der Waals surface area contributed by atoms with E-state index in [9.17, 15) is 9.18 Å². The molecule has 25 heavy (non-hydrogen) atoms. The third kappa shape index (κ3) is 2.16. The zero-order valence-corrected chi connectivity index (χ0v) is 13.3. The van der Waals surface area contributed by atoms with Gasteiger partial charge in [-0.05, 0) is 64.2 Å². The van der Waals surface area contributed by atoms with Crippen molar-refractivity contribution in [2.45, 2.75) is 6.42 Å². The van der Waals surface area contributed by atoms with Gasteiger partial charge in [0.1, 0.15) is 5.82 Å². The Balaban J connectivity index is 1.88. The normalized spacial score (nSPS) is 15.2. The summed E-state index contributed by atoms with van der Waals surface area (Å²) in [6.07, 6.45) is 0.734. The van der Waals surface area contributed by atoms with Gasteiger partial charge in [0, 0.05) is 12.1 Å². The number of benzene rings is 3. The van der Waals surface area contributed by atoms with Crippen LogP contribution in [0.3, 0.4) is 0 Å². The van der Waals surface area contributed by atoms with Crippen molar-refractivity contribution in [2.75, 3.05) is 13.3 Å². The highest BCUT2D eigenvalue weighted by molar-refractivity contribution is 6.08. The highest BCUT2D eigenvalue weighted by Crippen LogP contribution is 2.42. The van der Waals surface area contributed by atoms with Crippen LogP contribution in [0.2, 0.25) is 0 Å². The fraction of sp³-hybridized carbons (Fsp3) is 0.150. The lowest BCUT2D eigenvalue weighted by molar-refractivity contribution is 0.0946. The Labute approximate surface area is 143 Å². The number of nitrogens with one attached hydrogen (secondary N) is 1. The Bertz CT molecular complexity index is 1030. The predicted octanol–water partition coefficient (Wildman–Crippen LogP) is 3.66.